The molecule has 0 saturated carbocycles. The number of carbonyl (C=O) groups is 1. The van der Waals surface area contributed by atoms with Gasteiger partial charge < -0.3 is 15.3 Å². The molecule has 4 rings (SSSR count). The second kappa shape index (κ2) is 4.85. The van der Waals surface area contributed by atoms with Crippen LogP contribution < -0.4 is 5.32 Å². The summed E-state index contributed by atoms with van der Waals surface area (Å²) in [5.74, 6) is -0.0867. The van der Waals surface area contributed by atoms with E-state index in [-0.39, 0.29) is 0 Å². The van der Waals surface area contributed by atoms with Gasteiger partial charge >= 0.3 is 5.97 Å². The molecule has 19 heavy (non-hydrogen) atoms. The molecule has 2 bridgehead atoms. The van der Waals surface area contributed by atoms with Crippen molar-refractivity contribution in [3.8, 4) is 0 Å². The molecule has 4 nitrogen and oxygen atoms in total. The summed E-state index contributed by atoms with van der Waals surface area (Å²) in [6, 6.07) is 6.04. The quantitative estimate of drug-likeness (QED) is 0.875. The van der Waals surface area contributed by atoms with Gasteiger partial charge in [0.05, 0.1) is 5.56 Å². The zero-order chi connectivity index (χ0) is 13.4. The van der Waals surface area contributed by atoms with E-state index in [1.165, 1.54) is 25.9 Å². The molecule has 0 radical (unpaired) electrons. The van der Waals surface area contributed by atoms with Crippen molar-refractivity contribution in [1.29, 1.82) is 0 Å². The summed E-state index contributed by atoms with van der Waals surface area (Å²) in [6.07, 6.45) is 2.56. The topological polar surface area (TPSA) is 52.6 Å². The summed E-state index contributed by atoms with van der Waals surface area (Å²) in [4.78, 5) is 13.5. The average Bonchev–Trinajstić information content (AvgIpc) is 2.39. The standard InChI is InChI=1S/C15H20N2O2/c1-10-8-12(2-3-13(10)15(18)19)16-14-9-17-6-4-11(14)5-7-17/h2-3,8,11,14,16H,4-7,9H2,1H3,(H,18,19). The van der Waals surface area contributed by atoms with E-state index >= 15 is 0 Å². The lowest BCUT2D eigenvalue weighted by Crippen LogP contribution is -2.53. The van der Waals surface area contributed by atoms with Gasteiger partial charge in [0.1, 0.15) is 0 Å². The molecule has 3 aliphatic rings. The zero-order valence-corrected chi connectivity index (χ0v) is 11.2. The Morgan fingerprint density at radius 1 is 1.37 bits per heavy atom. The van der Waals surface area contributed by atoms with Crippen molar-refractivity contribution in [2.75, 3.05) is 25.0 Å². The van der Waals surface area contributed by atoms with Crippen LogP contribution in [0, 0.1) is 12.8 Å². The van der Waals surface area contributed by atoms with Crippen molar-refractivity contribution in [2.24, 2.45) is 5.92 Å². The Hall–Kier alpha value is -1.55. The molecule has 102 valence electrons. The van der Waals surface area contributed by atoms with Crippen molar-refractivity contribution in [3.63, 3.8) is 0 Å². The van der Waals surface area contributed by atoms with E-state index in [1.807, 2.05) is 19.1 Å². The monoisotopic (exact) mass is 260 g/mol. The van der Waals surface area contributed by atoms with E-state index < -0.39 is 5.97 Å². The fourth-order valence-corrected chi connectivity index (χ4v) is 3.34. The van der Waals surface area contributed by atoms with Crippen LogP contribution in [0.1, 0.15) is 28.8 Å². The number of carboxylic acids is 1. The van der Waals surface area contributed by atoms with E-state index in [2.05, 4.69) is 10.2 Å². The molecule has 3 heterocycles. The summed E-state index contributed by atoms with van der Waals surface area (Å²) in [6.45, 7) is 5.44. The van der Waals surface area contributed by atoms with E-state index in [0.717, 1.165) is 23.7 Å². The lowest BCUT2D eigenvalue weighted by molar-refractivity contribution is 0.0696. The van der Waals surface area contributed by atoms with Crippen LogP contribution in [0.3, 0.4) is 0 Å². The third kappa shape index (κ3) is 2.45. The van der Waals surface area contributed by atoms with Gasteiger partial charge in [0, 0.05) is 18.3 Å². The SMILES string of the molecule is Cc1cc(NC2CN3CCC2CC3)ccc1C(=O)O. The predicted molar refractivity (Wildman–Crippen MR) is 74.7 cm³/mol. The van der Waals surface area contributed by atoms with Gasteiger partial charge in [-0.1, -0.05) is 0 Å². The molecule has 0 aromatic heterocycles. The lowest BCUT2D eigenvalue weighted by atomic mass is 9.84. The van der Waals surface area contributed by atoms with Gasteiger partial charge in [0.15, 0.2) is 0 Å². The number of fused-ring (bicyclic) bond motifs is 3. The third-order valence-electron chi connectivity index (χ3n) is 4.47. The van der Waals surface area contributed by atoms with Crippen LogP contribution in [-0.2, 0) is 0 Å². The maximum Gasteiger partial charge on any atom is 0.335 e. The lowest BCUT2D eigenvalue weighted by Gasteiger charge is -2.45. The van der Waals surface area contributed by atoms with Crippen LogP contribution >= 0.6 is 0 Å². The van der Waals surface area contributed by atoms with Crippen LogP contribution in [0.2, 0.25) is 0 Å². The van der Waals surface area contributed by atoms with Crippen LogP contribution in [0.15, 0.2) is 18.2 Å². The molecular weight excluding hydrogens is 240 g/mol. The number of hydrogen-bond donors (Lipinski definition) is 2. The van der Waals surface area contributed by atoms with Crippen molar-refractivity contribution in [2.45, 2.75) is 25.8 Å². The van der Waals surface area contributed by atoms with Gasteiger partial charge in [-0.3, -0.25) is 0 Å². The second-order valence-electron chi connectivity index (χ2n) is 5.72. The molecule has 1 aromatic carbocycles. The number of aryl methyl sites for hydroxylation is 1. The molecular formula is C15H20N2O2. The smallest absolute Gasteiger partial charge is 0.335 e. The molecule has 2 N–H and O–H groups in total. The first kappa shape index (κ1) is 12.5. The van der Waals surface area contributed by atoms with Gasteiger partial charge in [-0.05, 0) is 62.5 Å². The number of piperidine rings is 3. The van der Waals surface area contributed by atoms with Crippen LogP contribution in [0.25, 0.3) is 0 Å². The molecule has 1 atom stereocenters. The fourth-order valence-electron chi connectivity index (χ4n) is 3.34. The third-order valence-corrected chi connectivity index (χ3v) is 4.47. The molecule has 0 amide bonds. The largest absolute Gasteiger partial charge is 0.478 e. The molecule has 3 saturated heterocycles. The first-order valence-electron chi connectivity index (χ1n) is 6.96. The minimum absolute atomic E-state index is 0.388. The number of nitrogens with zero attached hydrogens (tertiary/aromatic N) is 1. The first-order valence-corrected chi connectivity index (χ1v) is 6.96. The van der Waals surface area contributed by atoms with Crippen LogP contribution in [-0.4, -0.2) is 41.7 Å². The minimum atomic E-state index is -0.855. The van der Waals surface area contributed by atoms with Crippen LogP contribution in [0.4, 0.5) is 5.69 Å². The number of aromatic carboxylic acids is 1. The van der Waals surface area contributed by atoms with E-state index in [4.69, 9.17) is 5.11 Å². The van der Waals surface area contributed by atoms with Crippen molar-refractivity contribution < 1.29 is 9.90 Å². The molecule has 0 spiro atoms. The Kier molecular flexibility index (Phi) is 3.19. The Bertz CT molecular complexity index is 493. The number of carboxylic acid groups (broad SMARTS) is 1. The van der Waals surface area contributed by atoms with Gasteiger partial charge in [-0.25, -0.2) is 4.79 Å². The molecule has 0 aliphatic carbocycles. The fraction of sp³-hybridized carbons (Fsp3) is 0.533. The van der Waals surface area contributed by atoms with Crippen LogP contribution in [0.5, 0.6) is 0 Å². The Morgan fingerprint density at radius 3 is 2.63 bits per heavy atom. The van der Waals surface area contributed by atoms with E-state index in [0.29, 0.717) is 11.6 Å². The Labute approximate surface area is 113 Å². The highest BCUT2D eigenvalue weighted by Gasteiger charge is 2.33. The number of hydrogen-bond acceptors (Lipinski definition) is 3. The second-order valence-corrected chi connectivity index (χ2v) is 5.72. The van der Waals surface area contributed by atoms with Crippen molar-refractivity contribution in [1.82, 2.24) is 4.90 Å². The normalized spacial score (nSPS) is 29.2. The number of anilines is 1. The zero-order valence-electron chi connectivity index (χ0n) is 11.2. The van der Waals surface area contributed by atoms with Gasteiger partial charge in [-0.2, -0.15) is 0 Å². The summed E-state index contributed by atoms with van der Waals surface area (Å²) in [7, 11) is 0. The molecule has 4 heteroatoms. The Morgan fingerprint density at radius 2 is 2.11 bits per heavy atom. The minimum Gasteiger partial charge on any atom is -0.478 e. The van der Waals surface area contributed by atoms with Gasteiger partial charge in [0.2, 0.25) is 0 Å². The number of rotatable bonds is 3. The molecule has 3 fully saturated rings. The summed E-state index contributed by atoms with van der Waals surface area (Å²) >= 11 is 0. The van der Waals surface area contributed by atoms with E-state index in [9.17, 15) is 4.79 Å². The van der Waals surface area contributed by atoms with E-state index in [1.54, 1.807) is 6.07 Å². The van der Waals surface area contributed by atoms with Crippen molar-refractivity contribution in [3.05, 3.63) is 29.3 Å². The number of nitrogens with one attached hydrogen (secondary N) is 1. The van der Waals surface area contributed by atoms with Gasteiger partial charge in [-0.15, -0.1) is 0 Å². The molecule has 1 unspecified atom stereocenters. The molecule has 1 aromatic rings. The maximum absolute atomic E-state index is 11.0. The highest BCUT2D eigenvalue weighted by Crippen LogP contribution is 2.30. The average molecular weight is 260 g/mol. The number of benzene rings is 1. The van der Waals surface area contributed by atoms with Gasteiger partial charge in [0.25, 0.3) is 0 Å². The molecule has 3 aliphatic heterocycles. The highest BCUT2D eigenvalue weighted by molar-refractivity contribution is 5.89. The maximum atomic E-state index is 11.0. The Balaban J connectivity index is 1.73. The first-order chi connectivity index (χ1) is 9.13. The summed E-state index contributed by atoms with van der Waals surface area (Å²) < 4.78 is 0. The van der Waals surface area contributed by atoms with Crippen molar-refractivity contribution >= 4 is 11.7 Å². The summed E-state index contributed by atoms with van der Waals surface area (Å²) in [5.41, 5.74) is 2.25. The predicted octanol–water partition coefficient (Wildman–Crippen LogP) is 2.20. The summed E-state index contributed by atoms with van der Waals surface area (Å²) in [5, 5.41) is 12.6. The highest BCUT2D eigenvalue weighted by atomic mass is 16.4.